The molecule has 1 heterocycles. The van der Waals surface area contributed by atoms with E-state index in [9.17, 15) is 18.0 Å². The van der Waals surface area contributed by atoms with Crippen molar-refractivity contribution in [2.24, 2.45) is 0 Å². The molecule has 2 aromatic rings. The first kappa shape index (κ1) is 27.7. The lowest BCUT2D eigenvalue weighted by Crippen LogP contribution is -2.52. The van der Waals surface area contributed by atoms with Crippen molar-refractivity contribution in [2.75, 3.05) is 32.4 Å². The summed E-state index contributed by atoms with van der Waals surface area (Å²) in [6.07, 6.45) is 7.72. The lowest BCUT2D eigenvalue weighted by atomic mass is 9.96. The van der Waals surface area contributed by atoms with Gasteiger partial charge in [-0.3, -0.25) is 14.5 Å². The number of sulfonamides is 1. The predicted molar refractivity (Wildman–Crippen MR) is 143 cm³/mol. The van der Waals surface area contributed by atoms with E-state index in [0.29, 0.717) is 25.9 Å². The number of piperidine rings is 1. The zero-order chi connectivity index (χ0) is 26.5. The Hall–Kier alpha value is -2.93. The summed E-state index contributed by atoms with van der Waals surface area (Å²) in [5.41, 5.74) is 0.412. The van der Waals surface area contributed by atoms with Gasteiger partial charge in [0, 0.05) is 25.2 Å². The molecule has 2 aromatic carbocycles. The third-order valence-electron chi connectivity index (χ3n) is 6.71. The van der Waals surface area contributed by atoms with Crippen LogP contribution in [0.25, 0.3) is 10.8 Å². The summed E-state index contributed by atoms with van der Waals surface area (Å²) in [6.45, 7) is 6.35. The van der Waals surface area contributed by atoms with E-state index in [-0.39, 0.29) is 25.2 Å². The number of nitrogens with one attached hydrogen (secondary N) is 2. The number of carbonyl (C=O) groups is 2. The molecule has 194 valence electrons. The number of benzene rings is 2. The Morgan fingerprint density at radius 3 is 2.42 bits per heavy atom. The molecule has 0 bridgehead atoms. The summed E-state index contributed by atoms with van der Waals surface area (Å²) >= 11 is 0. The van der Waals surface area contributed by atoms with Gasteiger partial charge >= 0.3 is 0 Å². The third-order valence-corrected chi connectivity index (χ3v) is 7.99. The maximum Gasteiger partial charge on any atom is 0.240 e. The van der Waals surface area contributed by atoms with Crippen LogP contribution < -0.4 is 10.6 Å². The van der Waals surface area contributed by atoms with Gasteiger partial charge in [0.05, 0.1) is 24.9 Å². The third kappa shape index (κ3) is 7.06. The van der Waals surface area contributed by atoms with Gasteiger partial charge in [0.25, 0.3) is 0 Å². The van der Waals surface area contributed by atoms with Crippen LogP contribution in [-0.2, 0) is 19.6 Å². The lowest BCUT2D eigenvalue weighted by molar-refractivity contribution is -0.127. The van der Waals surface area contributed by atoms with E-state index >= 15 is 0 Å². The van der Waals surface area contributed by atoms with Crippen LogP contribution in [0.15, 0.2) is 42.5 Å². The fraction of sp³-hybridized carbons (Fsp3) is 0.481. The van der Waals surface area contributed by atoms with Crippen molar-refractivity contribution >= 4 is 32.6 Å². The number of hydrogen-bond acceptors (Lipinski definition) is 5. The molecule has 1 aliphatic rings. The van der Waals surface area contributed by atoms with Crippen molar-refractivity contribution in [1.82, 2.24) is 19.8 Å². The number of amides is 2. The SMILES string of the molecule is C#CC(C)(C)NC(=O)CNC(=O)CN(C1CCN([C@H](C)c2cccc3ccccc23)CC1)S(C)(=O)=O. The van der Waals surface area contributed by atoms with Gasteiger partial charge in [-0.05, 0) is 49.9 Å². The van der Waals surface area contributed by atoms with Gasteiger partial charge < -0.3 is 10.6 Å². The van der Waals surface area contributed by atoms with Crippen molar-refractivity contribution in [3.8, 4) is 12.3 Å². The Morgan fingerprint density at radius 2 is 1.78 bits per heavy atom. The molecule has 0 spiro atoms. The fourth-order valence-electron chi connectivity index (χ4n) is 4.69. The van der Waals surface area contributed by atoms with Crippen LogP contribution in [0, 0.1) is 12.3 Å². The number of terminal acetylenes is 1. The van der Waals surface area contributed by atoms with Gasteiger partial charge in [-0.15, -0.1) is 6.42 Å². The smallest absolute Gasteiger partial charge is 0.240 e. The minimum absolute atomic E-state index is 0.179. The molecule has 2 amide bonds. The van der Waals surface area contributed by atoms with E-state index in [0.717, 1.165) is 6.26 Å². The first-order valence-electron chi connectivity index (χ1n) is 12.2. The Labute approximate surface area is 214 Å². The van der Waals surface area contributed by atoms with Crippen LogP contribution in [-0.4, -0.2) is 73.5 Å². The topological polar surface area (TPSA) is 98.8 Å². The predicted octanol–water partition coefficient (Wildman–Crippen LogP) is 2.27. The van der Waals surface area contributed by atoms with Crippen molar-refractivity contribution in [3.05, 3.63) is 48.0 Å². The molecular weight excluding hydrogens is 476 g/mol. The monoisotopic (exact) mass is 512 g/mol. The maximum atomic E-state index is 12.5. The molecule has 8 nitrogen and oxygen atoms in total. The molecule has 0 radical (unpaired) electrons. The molecule has 36 heavy (non-hydrogen) atoms. The van der Waals surface area contributed by atoms with E-state index in [1.807, 2.05) is 12.1 Å². The van der Waals surface area contributed by atoms with Crippen LogP contribution in [0.4, 0.5) is 0 Å². The highest BCUT2D eigenvalue weighted by atomic mass is 32.2. The standard InChI is InChI=1S/C27H36N4O4S/c1-6-27(3,4)29-25(32)18-28-26(33)19-31(36(5,34)35)22-14-16-30(17-15-22)20(2)23-13-9-11-21-10-7-8-12-24(21)23/h1,7-13,20,22H,14-19H2,2-5H3,(H,28,33)(H,29,32)/t20-/m1/s1. The number of nitrogens with zero attached hydrogens (tertiary/aromatic N) is 2. The second-order valence-corrected chi connectivity index (χ2v) is 11.8. The summed E-state index contributed by atoms with van der Waals surface area (Å²) in [7, 11) is -3.62. The van der Waals surface area contributed by atoms with Crippen LogP contribution in [0.3, 0.4) is 0 Å². The van der Waals surface area contributed by atoms with E-state index < -0.39 is 27.4 Å². The highest BCUT2D eigenvalue weighted by Gasteiger charge is 2.33. The Kier molecular flexibility index (Phi) is 8.77. The average molecular weight is 513 g/mol. The first-order valence-corrected chi connectivity index (χ1v) is 14.0. The Balaban J connectivity index is 1.60. The number of likely N-dealkylation sites (tertiary alicyclic amines) is 1. The van der Waals surface area contributed by atoms with Gasteiger partial charge in [-0.2, -0.15) is 4.31 Å². The molecule has 0 aromatic heterocycles. The molecule has 1 aliphatic heterocycles. The first-order chi connectivity index (χ1) is 16.9. The fourth-order valence-corrected chi connectivity index (χ4v) is 5.80. The van der Waals surface area contributed by atoms with Gasteiger partial charge in [-0.1, -0.05) is 48.4 Å². The van der Waals surface area contributed by atoms with Gasteiger partial charge in [0.2, 0.25) is 21.8 Å². The minimum atomic E-state index is -3.62. The highest BCUT2D eigenvalue weighted by Crippen LogP contribution is 2.31. The summed E-state index contributed by atoms with van der Waals surface area (Å²) in [5.74, 6) is 1.48. The number of fused-ring (bicyclic) bond motifs is 1. The normalized spacial score (nSPS) is 16.4. The molecule has 1 atom stereocenters. The number of hydrogen-bond donors (Lipinski definition) is 2. The van der Waals surface area contributed by atoms with Gasteiger partial charge in [-0.25, -0.2) is 8.42 Å². The van der Waals surface area contributed by atoms with Crippen LogP contribution in [0.5, 0.6) is 0 Å². The van der Waals surface area contributed by atoms with E-state index in [1.54, 1.807) is 13.8 Å². The zero-order valence-corrected chi connectivity index (χ0v) is 22.3. The van der Waals surface area contributed by atoms with Crippen LogP contribution >= 0.6 is 0 Å². The lowest BCUT2D eigenvalue weighted by Gasteiger charge is -2.39. The molecule has 3 rings (SSSR count). The molecular formula is C27H36N4O4S. The largest absolute Gasteiger partial charge is 0.346 e. The summed E-state index contributed by atoms with van der Waals surface area (Å²) in [6, 6.07) is 14.5. The van der Waals surface area contributed by atoms with Crippen LogP contribution in [0.1, 0.15) is 45.2 Å². The number of carbonyl (C=O) groups excluding carboxylic acids is 2. The highest BCUT2D eigenvalue weighted by molar-refractivity contribution is 7.88. The second-order valence-electron chi connectivity index (χ2n) is 9.91. The summed E-state index contributed by atoms with van der Waals surface area (Å²) in [4.78, 5) is 26.9. The average Bonchev–Trinajstić information content (AvgIpc) is 2.84. The zero-order valence-electron chi connectivity index (χ0n) is 21.5. The molecule has 0 saturated carbocycles. The van der Waals surface area contributed by atoms with Crippen molar-refractivity contribution in [3.63, 3.8) is 0 Å². The van der Waals surface area contributed by atoms with E-state index in [4.69, 9.17) is 6.42 Å². The quantitative estimate of drug-likeness (QED) is 0.503. The van der Waals surface area contributed by atoms with Crippen molar-refractivity contribution < 1.29 is 18.0 Å². The molecule has 1 fully saturated rings. The van der Waals surface area contributed by atoms with E-state index in [2.05, 4.69) is 58.7 Å². The molecule has 0 aliphatic carbocycles. The number of rotatable bonds is 9. The summed E-state index contributed by atoms with van der Waals surface area (Å²) < 4.78 is 26.3. The Morgan fingerprint density at radius 1 is 1.14 bits per heavy atom. The maximum absolute atomic E-state index is 12.5. The minimum Gasteiger partial charge on any atom is -0.346 e. The van der Waals surface area contributed by atoms with Gasteiger partial charge in [0.15, 0.2) is 0 Å². The molecule has 1 saturated heterocycles. The van der Waals surface area contributed by atoms with Crippen LogP contribution in [0.2, 0.25) is 0 Å². The molecule has 2 N–H and O–H groups in total. The van der Waals surface area contributed by atoms with Crippen molar-refractivity contribution in [2.45, 2.75) is 51.2 Å². The summed E-state index contributed by atoms with van der Waals surface area (Å²) in [5, 5.41) is 7.54. The van der Waals surface area contributed by atoms with Gasteiger partial charge in [0.1, 0.15) is 0 Å². The molecule has 9 heteroatoms. The second kappa shape index (κ2) is 11.4. The molecule has 0 unspecified atom stereocenters. The van der Waals surface area contributed by atoms with Crippen molar-refractivity contribution in [1.29, 1.82) is 0 Å². The van der Waals surface area contributed by atoms with E-state index in [1.165, 1.54) is 20.6 Å². The Bertz CT molecular complexity index is 1240.